The molecule has 19 heavy (non-hydrogen) atoms. The van der Waals surface area contributed by atoms with E-state index in [1.165, 1.54) is 6.42 Å². The van der Waals surface area contributed by atoms with Crippen molar-refractivity contribution in [2.45, 2.75) is 38.1 Å². The molecular weight excluding hydrogens is 260 g/mol. The number of nitrogens with zero attached hydrogens (tertiary/aromatic N) is 2. The molecule has 1 amide bonds. The van der Waals surface area contributed by atoms with E-state index in [4.69, 9.17) is 16.9 Å². The van der Waals surface area contributed by atoms with Gasteiger partial charge in [-0.2, -0.15) is 5.26 Å². The molecule has 0 N–H and O–H groups in total. The van der Waals surface area contributed by atoms with Crippen molar-refractivity contribution in [3.63, 3.8) is 0 Å². The van der Waals surface area contributed by atoms with Gasteiger partial charge in [-0.3, -0.25) is 4.79 Å². The van der Waals surface area contributed by atoms with Crippen LogP contribution in [0.15, 0.2) is 24.3 Å². The normalized spacial score (nSPS) is 15.8. The highest BCUT2D eigenvalue weighted by Crippen LogP contribution is 2.25. The van der Waals surface area contributed by atoms with E-state index >= 15 is 0 Å². The number of amides is 1. The van der Waals surface area contributed by atoms with Crippen LogP contribution in [0.25, 0.3) is 0 Å². The van der Waals surface area contributed by atoms with Crippen LogP contribution in [0.5, 0.6) is 0 Å². The third-order valence-electron chi connectivity index (χ3n) is 3.62. The Balaban J connectivity index is 2.21. The van der Waals surface area contributed by atoms with E-state index in [1.54, 1.807) is 29.2 Å². The fraction of sp³-hybridized carbons (Fsp3) is 0.467. The van der Waals surface area contributed by atoms with Gasteiger partial charge in [-0.1, -0.05) is 43.0 Å². The molecule has 0 aromatic heterocycles. The maximum atomic E-state index is 12.5. The van der Waals surface area contributed by atoms with Crippen LogP contribution in [0, 0.1) is 11.3 Å². The summed E-state index contributed by atoms with van der Waals surface area (Å²) in [6.45, 7) is 0.134. The first-order valence-electron chi connectivity index (χ1n) is 6.66. The average molecular weight is 277 g/mol. The number of halogens is 1. The zero-order chi connectivity index (χ0) is 13.7. The van der Waals surface area contributed by atoms with Gasteiger partial charge >= 0.3 is 0 Å². The van der Waals surface area contributed by atoms with Crippen LogP contribution in [0.4, 0.5) is 0 Å². The molecule has 1 fully saturated rings. The molecule has 0 saturated heterocycles. The van der Waals surface area contributed by atoms with Gasteiger partial charge < -0.3 is 4.90 Å². The molecule has 0 spiro atoms. The fourth-order valence-electron chi connectivity index (χ4n) is 2.62. The third-order valence-corrected chi connectivity index (χ3v) is 3.95. The molecule has 1 aromatic carbocycles. The Hall–Kier alpha value is -1.53. The van der Waals surface area contributed by atoms with Gasteiger partial charge in [-0.05, 0) is 25.0 Å². The van der Waals surface area contributed by atoms with Gasteiger partial charge in [0.2, 0.25) is 0 Å². The second-order valence-electron chi connectivity index (χ2n) is 4.86. The van der Waals surface area contributed by atoms with Crippen LogP contribution in [-0.4, -0.2) is 23.4 Å². The zero-order valence-electron chi connectivity index (χ0n) is 10.8. The fourth-order valence-corrected chi connectivity index (χ4v) is 2.84. The standard InChI is InChI=1S/C15H17ClN2O/c16-14-9-5-4-8-13(14)15(19)18(11-10-17)12-6-2-1-3-7-12/h4-5,8-9,12H,1-3,6-7,11H2. The van der Waals surface area contributed by atoms with Gasteiger partial charge in [0.15, 0.2) is 0 Å². The van der Waals surface area contributed by atoms with E-state index in [0.29, 0.717) is 10.6 Å². The molecule has 100 valence electrons. The molecule has 0 radical (unpaired) electrons. The third kappa shape index (κ3) is 3.27. The number of hydrogen-bond donors (Lipinski definition) is 0. The topological polar surface area (TPSA) is 44.1 Å². The molecule has 1 saturated carbocycles. The number of carbonyl (C=O) groups is 1. The first kappa shape index (κ1) is 13.9. The summed E-state index contributed by atoms with van der Waals surface area (Å²) < 4.78 is 0. The summed E-state index contributed by atoms with van der Waals surface area (Å²) in [7, 11) is 0. The van der Waals surface area contributed by atoms with Crippen molar-refractivity contribution in [3.05, 3.63) is 34.9 Å². The zero-order valence-corrected chi connectivity index (χ0v) is 11.6. The number of rotatable bonds is 3. The van der Waals surface area contributed by atoms with Crippen LogP contribution in [0.3, 0.4) is 0 Å². The first-order valence-corrected chi connectivity index (χ1v) is 7.04. The van der Waals surface area contributed by atoms with E-state index in [0.717, 1.165) is 25.7 Å². The highest BCUT2D eigenvalue weighted by molar-refractivity contribution is 6.33. The number of benzene rings is 1. The lowest BCUT2D eigenvalue weighted by atomic mass is 9.93. The minimum Gasteiger partial charge on any atom is -0.322 e. The van der Waals surface area contributed by atoms with Gasteiger partial charge in [0, 0.05) is 6.04 Å². The number of nitriles is 1. The Morgan fingerprint density at radius 2 is 2.00 bits per heavy atom. The summed E-state index contributed by atoms with van der Waals surface area (Å²) in [6, 6.07) is 9.30. The smallest absolute Gasteiger partial charge is 0.256 e. The van der Waals surface area contributed by atoms with E-state index in [1.807, 2.05) is 0 Å². The van der Waals surface area contributed by atoms with Crippen molar-refractivity contribution in [1.29, 1.82) is 5.26 Å². The molecule has 0 heterocycles. The quantitative estimate of drug-likeness (QED) is 0.791. The van der Waals surface area contributed by atoms with Gasteiger partial charge in [0.25, 0.3) is 5.91 Å². The van der Waals surface area contributed by atoms with Crippen molar-refractivity contribution in [3.8, 4) is 6.07 Å². The summed E-state index contributed by atoms with van der Waals surface area (Å²) in [6.07, 6.45) is 5.44. The largest absolute Gasteiger partial charge is 0.322 e. The molecule has 0 unspecified atom stereocenters. The highest BCUT2D eigenvalue weighted by Gasteiger charge is 2.26. The van der Waals surface area contributed by atoms with Crippen molar-refractivity contribution in [2.75, 3.05) is 6.54 Å². The van der Waals surface area contributed by atoms with Gasteiger partial charge in [0.05, 0.1) is 16.7 Å². The second kappa shape index (κ2) is 6.58. The Morgan fingerprint density at radius 1 is 1.32 bits per heavy atom. The van der Waals surface area contributed by atoms with Crippen molar-refractivity contribution >= 4 is 17.5 Å². The van der Waals surface area contributed by atoms with E-state index in [2.05, 4.69) is 6.07 Å². The second-order valence-corrected chi connectivity index (χ2v) is 5.27. The Kier molecular flexibility index (Phi) is 4.81. The Bertz CT molecular complexity index is 489. The minimum absolute atomic E-state index is 0.126. The molecule has 1 aromatic rings. The van der Waals surface area contributed by atoms with Crippen LogP contribution in [0.1, 0.15) is 42.5 Å². The van der Waals surface area contributed by atoms with Crippen LogP contribution >= 0.6 is 11.6 Å². The van der Waals surface area contributed by atoms with Gasteiger partial charge in [-0.25, -0.2) is 0 Å². The summed E-state index contributed by atoms with van der Waals surface area (Å²) in [5, 5.41) is 9.41. The van der Waals surface area contributed by atoms with Crippen LogP contribution in [0.2, 0.25) is 5.02 Å². The first-order chi connectivity index (χ1) is 9.24. The van der Waals surface area contributed by atoms with E-state index < -0.39 is 0 Å². The lowest BCUT2D eigenvalue weighted by Gasteiger charge is -2.32. The van der Waals surface area contributed by atoms with Gasteiger partial charge in [-0.15, -0.1) is 0 Å². The predicted molar refractivity (Wildman–Crippen MR) is 75.0 cm³/mol. The van der Waals surface area contributed by atoms with Crippen LogP contribution < -0.4 is 0 Å². The molecule has 0 atom stereocenters. The molecule has 1 aliphatic rings. The van der Waals surface area contributed by atoms with E-state index in [9.17, 15) is 4.79 Å². The molecule has 1 aliphatic carbocycles. The maximum absolute atomic E-state index is 12.5. The molecule has 4 heteroatoms. The lowest BCUT2D eigenvalue weighted by molar-refractivity contribution is 0.0666. The van der Waals surface area contributed by atoms with Crippen molar-refractivity contribution in [1.82, 2.24) is 4.90 Å². The number of carbonyl (C=O) groups excluding carboxylic acids is 1. The maximum Gasteiger partial charge on any atom is 0.256 e. The molecule has 0 aliphatic heterocycles. The monoisotopic (exact) mass is 276 g/mol. The lowest BCUT2D eigenvalue weighted by Crippen LogP contribution is -2.41. The average Bonchev–Trinajstić information content (AvgIpc) is 2.45. The van der Waals surface area contributed by atoms with E-state index in [-0.39, 0.29) is 18.5 Å². The summed E-state index contributed by atoms with van der Waals surface area (Å²) in [5.74, 6) is -0.126. The number of hydrogen-bond acceptors (Lipinski definition) is 2. The summed E-state index contributed by atoms with van der Waals surface area (Å²) in [5.41, 5.74) is 0.491. The Morgan fingerprint density at radius 3 is 2.63 bits per heavy atom. The Labute approximate surface area is 118 Å². The van der Waals surface area contributed by atoms with Crippen molar-refractivity contribution in [2.24, 2.45) is 0 Å². The van der Waals surface area contributed by atoms with Crippen molar-refractivity contribution < 1.29 is 4.79 Å². The SMILES string of the molecule is N#CCN(C(=O)c1ccccc1Cl)C1CCCCC1. The predicted octanol–water partition coefficient (Wildman–Crippen LogP) is 3.64. The minimum atomic E-state index is -0.126. The van der Waals surface area contributed by atoms with Crippen LogP contribution in [-0.2, 0) is 0 Å². The molecule has 0 bridgehead atoms. The molecule has 3 nitrogen and oxygen atoms in total. The van der Waals surface area contributed by atoms with Gasteiger partial charge in [0.1, 0.15) is 6.54 Å². The molecule has 2 rings (SSSR count). The summed E-state index contributed by atoms with van der Waals surface area (Å²) in [4.78, 5) is 14.2. The summed E-state index contributed by atoms with van der Waals surface area (Å²) >= 11 is 6.07. The highest BCUT2D eigenvalue weighted by atomic mass is 35.5. The molecular formula is C15H17ClN2O.